The van der Waals surface area contributed by atoms with Gasteiger partial charge in [0.05, 0.1) is 36.6 Å². The van der Waals surface area contributed by atoms with Crippen LogP contribution in [0.3, 0.4) is 0 Å². The lowest BCUT2D eigenvalue weighted by Crippen LogP contribution is -2.43. The van der Waals surface area contributed by atoms with E-state index < -0.39 is 0 Å². The van der Waals surface area contributed by atoms with Gasteiger partial charge in [0.2, 0.25) is 11.8 Å². The SMILES string of the molecule is COc1ccc(-n2nc(-c3ccc(Cl)cc3)c3c2N(CC(=O)NCC(C)C)C(=O)CS[C@@H]3c2ccccc2OC)cc1. The molecule has 0 saturated heterocycles. The van der Waals surface area contributed by atoms with Crippen molar-refractivity contribution < 1.29 is 19.1 Å². The first-order valence-corrected chi connectivity index (χ1v) is 15.1. The summed E-state index contributed by atoms with van der Waals surface area (Å²) in [6.45, 7) is 4.43. The van der Waals surface area contributed by atoms with Crippen LogP contribution < -0.4 is 19.7 Å². The Morgan fingerprint density at radius 2 is 1.76 bits per heavy atom. The normalized spacial score (nSPS) is 14.9. The van der Waals surface area contributed by atoms with Crippen LogP contribution in [0.4, 0.5) is 5.82 Å². The summed E-state index contributed by atoms with van der Waals surface area (Å²) in [5, 5.41) is 8.36. The van der Waals surface area contributed by atoms with Gasteiger partial charge in [-0.1, -0.05) is 55.8 Å². The van der Waals surface area contributed by atoms with Gasteiger partial charge in [-0.15, -0.1) is 11.8 Å². The standard InChI is InChI=1S/C32H33ClN4O4S/c1-20(2)17-34-27(38)18-36-28(39)19-42-31(25-7-5-6-8-26(25)41-4)29-30(21-9-11-22(33)12-10-21)35-37(32(29)36)23-13-15-24(40-3)16-14-23/h5-16,20,31H,17-19H2,1-4H3,(H,34,38)/t31-/m1/s1. The highest BCUT2D eigenvalue weighted by Gasteiger charge is 2.38. The molecule has 1 N–H and O–H groups in total. The van der Waals surface area contributed by atoms with Crippen LogP contribution in [-0.2, 0) is 9.59 Å². The molecule has 0 bridgehead atoms. The molecule has 2 heterocycles. The molecule has 0 spiro atoms. The number of anilines is 1. The predicted octanol–water partition coefficient (Wildman–Crippen LogP) is 6.15. The Kier molecular flexibility index (Phi) is 9.09. The van der Waals surface area contributed by atoms with Crippen molar-refractivity contribution >= 4 is 41.0 Å². The summed E-state index contributed by atoms with van der Waals surface area (Å²) >= 11 is 7.75. The van der Waals surface area contributed by atoms with E-state index in [2.05, 4.69) is 5.32 Å². The van der Waals surface area contributed by atoms with Gasteiger partial charge < -0.3 is 14.8 Å². The molecule has 1 aliphatic heterocycles. The van der Waals surface area contributed by atoms with Gasteiger partial charge in [0, 0.05) is 28.3 Å². The van der Waals surface area contributed by atoms with Gasteiger partial charge in [-0.2, -0.15) is 5.10 Å². The van der Waals surface area contributed by atoms with Gasteiger partial charge in [0.1, 0.15) is 23.9 Å². The zero-order chi connectivity index (χ0) is 29.8. The summed E-state index contributed by atoms with van der Waals surface area (Å²) in [6.07, 6.45) is 0. The largest absolute Gasteiger partial charge is 0.497 e. The molecule has 1 atom stereocenters. The molecule has 3 aromatic carbocycles. The molecule has 218 valence electrons. The van der Waals surface area contributed by atoms with Crippen LogP contribution in [-0.4, -0.2) is 54.7 Å². The molecule has 10 heteroatoms. The van der Waals surface area contributed by atoms with Crippen molar-refractivity contribution in [2.75, 3.05) is 38.0 Å². The molecule has 1 aliphatic rings. The van der Waals surface area contributed by atoms with E-state index >= 15 is 0 Å². The lowest BCUT2D eigenvalue weighted by Gasteiger charge is -2.24. The van der Waals surface area contributed by atoms with Crippen molar-refractivity contribution in [3.8, 4) is 28.4 Å². The summed E-state index contributed by atoms with van der Waals surface area (Å²) in [5.74, 6) is 1.95. The predicted molar refractivity (Wildman–Crippen MR) is 168 cm³/mol. The number of hydrogen-bond acceptors (Lipinski definition) is 6. The average Bonchev–Trinajstić information content (AvgIpc) is 3.33. The average molecular weight is 605 g/mol. The maximum Gasteiger partial charge on any atom is 0.240 e. The van der Waals surface area contributed by atoms with Gasteiger partial charge in [-0.25, -0.2) is 4.68 Å². The van der Waals surface area contributed by atoms with Crippen molar-refractivity contribution in [1.29, 1.82) is 0 Å². The fourth-order valence-corrected chi connectivity index (χ4v) is 6.24. The molecule has 2 amide bonds. The van der Waals surface area contributed by atoms with Crippen molar-refractivity contribution in [3.63, 3.8) is 0 Å². The van der Waals surface area contributed by atoms with E-state index in [1.54, 1.807) is 23.8 Å². The van der Waals surface area contributed by atoms with Crippen LogP contribution in [0.25, 0.3) is 16.9 Å². The number of rotatable bonds is 9. The number of ether oxygens (including phenoxy) is 2. The zero-order valence-electron chi connectivity index (χ0n) is 24.0. The molecule has 0 aliphatic carbocycles. The summed E-state index contributed by atoms with van der Waals surface area (Å²) < 4.78 is 12.9. The number of benzene rings is 3. The van der Waals surface area contributed by atoms with Crippen LogP contribution in [0.5, 0.6) is 11.5 Å². The number of amides is 2. The van der Waals surface area contributed by atoms with Crippen molar-refractivity contribution in [2.45, 2.75) is 19.1 Å². The molecule has 0 saturated carbocycles. The van der Waals surface area contributed by atoms with E-state index in [4.69, 9.17) is 26.2 Å². The number of fused-ring (bicyclic) bond motifs is 1. The van der Waals surface area contributed by atoms with Crippen LogP contribution in [0.1, 0.15) is 30.2 Å². The number of carbonyl (C=O) groups excluding carboxylic acids is 2. The number of para-hydroxylation sites is 1. The number of thioether (sulfide) groups is 1. The lowest BCUT2D eigenvalue weighted by molar-refractivity contribution is -0.123. The fourth-order valence-electron chi connectivity index (χ4n) is 4.89. The van der Waals surface area contributed by atoms with E-state index in [0.717, 1.165) is 22.4 Å². The van der Waals surface area contributed by atoms with E-state index in [1.165, 1.54) is 11.8 Å². The topological polar surface area (TPSA) is 85.7 Å². The Balaban J connectivity index is 1.78. The number of aromatic nitrogens is 2. The molecule has 4 aromatic rings. The quantitative estimate of drug-likeness (QED) is 0.247. The first-order chi connectivity index (χ1) is 20.3. The Hall–Kier alpha value is -3.95. The molecular weight excluding hydrogens is 572 g/mol. The zero-order valence-corrected chi connectivity index (χ0v) is 25.5. The van der Waals surface area contributed by atoms with E-state index in [0.29, 0.717) is 34.6 Å². The number of carbonyl (C=O) groups is 2. The Morgan fingerprint density at radius 3 is 2.43 bits per heavy atom. The Labute approximate surface area is 255 Å². The maximum absolute atomic E-state index is 13.9. The second-order valence-corrected chi connectivity index (χ2v) is 11.8. The smallest absolute Gasteiger partial charge is 0.240 e. The number of halogens is 1. The number of hydrogen-bond donors (Lipinski definition) is 1. The van der Waals surface area contributed by atoms with Crippen LogP contribution in [0, 0.1) is 5.92 Å². The molecule has 0 radical (unpaired) electrons. The second-order valence-electron chi connectivity index (χ2n) is 10.3. The molecule has 5 rings (SSSR count). The molecule has 0 fully saturated rings. The molecule has 8 nitrogen and oxygen atoms in total. The van der Waals surface area contributed by atoms with Crippen LogP contribution in [0.15, 0.2) is 72.8 Å². The molecule has 0 unspecified atom stereocenters. The Bertz CT molecular complexity index is 1570. The highest BCUT2D eigenvalue weighted by Crippen LogP contribution is 2.50. The van der Waals surface area contributed by atoms with Gasteiger partial charge >= 0.3 is 0 Å². The molecule has 42 heavy (non-hydrogen) atoms. The molecular formula is C32H33ClN4O4S. The monoisotopic (exact) mass is 604 g/mol. The highest BCUT2D eigenvalue weighted by molar-refractivity contribution is 8.00. The van der Waals surface area contributed by atoms with Crippen molar-refractivity contribution in [2.24, 2.45) is 5.92 Å². The minimum atomic E-state index is -0.318. The summed E-state index contributed by atoms with van der Waals surface area (Å²) in [7, 11) is 3.25. The number of nitrogens with one attached hydrogen (secondary N) is 1. The van der Waals surface area contributed by atoms with E-state index in [1.807, 2.05) is 86.6 Å². The highest BCUT2D eigenvalue weighted by atomic mass is 35.5. The first kappa shape index (κ1) is 29.5. The maximum atomic E-state index is 13.9. The third-order valence-corrected chi connectivity index (χ3v) is 8.44. The third-order valence-electron chi connectivity index (χ3n) is 6.95. The van der Waals surface area contributed by atoms with Gasteiger partial charge in [0.25, 0.3) is 0 Å². The van der Waals surface area contributed by atoms with E-state index in [-0.39, 0.29) is 35.3 Å². The summed E-state index contributed by atoms with van der Waals surface area (Å²) in [5.41, 5.74) is 3.96. The first-order valence-electron chi connectivity index (χ1n) is 13.7. The number of nitrogens with zero attached hydrogens (tertiary/aromatic N) is 3. The number of methoxy groups -OCH3 is 2. The minimum absolute atomic E-state index is 0.139. The third kappa shape index (κ3) is 6.12. The van der Waals surface area contributed by atoms with Crippen LogP contribution >= 0.6 is 23.4 Å². The molecule has 1 aromatic heterocycles. The Morgan fingerprint density at radius 1 is 1.05 bits per heavy atom. The van der Waals surface area contributed by atoms with Crippen LogP contribution in [0.2, 0.25) is 5.02 Å². The van der Waals surface area contributed by atoms with Crippen molar-refractivity contribution in [3.05, 3.63) is 88.9 Å². The summed E-state index contributed by atoms with van der Waals surface area (Å²) in [4.78, 5) is 28.6. The van der Waals surface area contributed by atoms with E-state index in [9.17, 15) is 9.59 Å². The summed E-state index contributed by atoms with van der Waals surface area (Å²) in [6, 6.07) is 22.7. The van der Waals surface area contributed by atoms with Gasteiger partial charge in [-0.3, -0.25) is 14.5 Å². The van der Waals surface area contributed by atoms with Gasteiger partial charge in [-0.05, 0) is 48.4 Å². The minimum Gasteiger partial charge on any atom is -0.497 e. The van der Waals surface area contributed by atoms with Gasteiger partial charge in [0.15, 0.2) is 0 Å². The van der Waals surface area contributed by atoms with Crippen molar-refractivity contribution in [1.82, 2.24) is 15.1 Å². The second kappa shape index (κ2) is 12.9. The fraction of sp³-hybridized carbons (Fsp3) is 0.281. The lowest BCUT2D eigenvalue weighted by atomic mass is 9.99.